The first-order chi connectivity index (χ1) is 11.3. The Bertz CT molecular complexity index is 449. The maximum absolute atomic E-state index is 2.73. The van der Waals surface area contributed by atoms with Gasteiger partial charge in [0.05, 0.1) is 0 Å². The van der Waals surface area contributed by atoms with Crippen LogP contribution in [0.2, 0.25) is 0 Å². The highest BCUT2D eigenvalue weighted by Gasteiger charge is 2.25. The van der Waals surface area contributed by atoms with Crippen LogP contribution in [-0.2, 0) is 0 Å². The Balaban J connectivity index is 0.000000924. The Morgan fingerprint density at radius 2 is 1.57 bits per heavy atom. The molecule has 2 aliphatic rings. The smallest absolute Gasteiger partial charge is 0.0167 e. The Morgan fingerprint density at radius 3 is 2.17 bits per heavy atom. The summed E-state index contributed by atoms with van der Waals surface area (Å²) in [6, 6.07) is 9.66. The van der Waals surface area contributed by atoms with Crippen LogP contribution >= 0.6 is 0 Å². The van der Waals surface area contributed by atoms with Crippen LogP contribution in [0.3, 0.4) is 0 Å². The van der Waals surface area contributed by atoms with Gasteiger partial charge in [-0.2, -0.15) is 0 Å². The van der Waals surface area contributed by atoms with E-state index in [0.29, 0.717) is 0 Å². The zero-order valence-electron chi connectivity index (χ0n) is 15.3. The summed E-state index contributed by atoms with van der Waals surface area (Å²) in [6.07, 6.45) is 10.3. The molecule has 128 valence electrons. The molecule has 0 atom stereocenters. The van der Waals surface area contributed by atoms with Gasteiger partial charge in [-0.1, -0.05) is 68.7 Å². The molecule has 0 N–H and O–H groups in total. The van der Waals surface area contributed by atoms with Gasteiger partial charge in [0.1, 0.15) is 0 Å². The minimum atomic E-state index is 0.898. The van der Waals surface area contributed by atoms with Crippen LogP contribution in [0.15, 0.2) is 30.3 Å². The third kappa shape index (κ3) is 5.78. The van der Waals surface area contributed by atoms with Crippen LogP contribution in [-0.4, -0.2) is 48.6 Å². The lowest BCUT2D eigenvalue weighted by molar-refractivity contribution is 0.105. The van der Waals surface area contributed by atoms with Crippen LogP contribution in [0.4, 0.5) is 0 Å². The van der Waals surface area contributed by atoms with Crippen molar-refractivity contribution in [3.8, 4) is 0 Å². The lowest BCUT2D eigenvalue weighted by Gasteiger charge is -2.37. The average molecular weight is 315 g/mol. The molecule has 0 amide bonds. The molecule has 0 bridgehead atoms. The number of benzene rings is 1. The molecule has 0 spiro atoms. The fourth-order valence-electron chi connectivity index (χ4n) is 3.60. The van der Waals surface area contributed by atoms with Crippen molar-refractivity contribution in [3.63, 3.8) is 0 Å². The molecule has 1 aliphatic heterocycles. The lowest BCUT2D eigenvalue weighted by Crippen LogP contribution is -2.49. The third-order valence-electron chi connectivity index (χ3n) is 5.00. The Hall–Kier alpha value is -1.12. The normalized spacial score (nSPS) is 20.7. The number of nitrogens with zero attached hydrogens (tertiary/aromatic N) is 2. The van der Waals surface area contributed by atoms with Gasteiger partial charge in [-0.05, 0) is 25.3 Å². The van der Waals surface area contributed by atoms with E-state index in [9.17, 15) is 0 Å². The number of piperazine rings is 1. The molecule has 1 heterocycles. The molecule has 1 aromatic rings. The first-order valence-corrected chi connectivity index (χ1v) is 9.51. The summed E-state index contributed by atoms with van der Waals surface area (Å²) in [5, 5.41) is 0. The maximum atomic E-state index is 2.73. The van der Waals surface area contributed by atoms with Gasteiger partial charge >= 0.3 is 0 Å². The van der Waals surface area contributed by atoms with Crippen LogP contribution in [0.1, 0.15) is 50.7 Å². The van der Waals surface area contributed by atoms with Crippen molar-refractivity contribution < 1.29 is 0 Å². The topological polar surface area (TPSA) is 6.48 Å². The molecular formula is C21H34N2. The summed E-state index contributed by atoms with van der Waals surface area (Å²) in [5.41, 5.74) is 2.64. The quantitative estimate of drug-likeness (QED) is 0.801. The van der Waals surface area contributed by atoms with E-state index in [-0.39, 0.29) is 0 Å². The number of hydrogen-bond acceptors (Lipinski definition) is 2. The predicted molar refractivity (Wildman–Crippen MR) is 102 cm³/mol. The fourth-order valence-corrected chi connectivity index (χ4v) is 3.60. The second kappa shape index (κ2) is 9.89. The summed E-state index contributed by atoms with van der Waals surface area (Å²) in [7, 11) is 0. The molecule has 0 unspecified atom stereocenters. The van der Waals surface area contributed by atoms with E-state index in [4.69, 9.17) is 0 Å². The van der Waals surface area contributed by atoms with E-state index in [1.54, 1.807) is 0 Å². The van der Waals surface area contributed by atoms with E-state index in [1.807, 2.05) is 13.8 Å². The largest absolute Gasteiger partial charge is 0.298 e. The summed E-state index contributed by atoms with van der Waals surface area (Å²) < 4.78 is 0. The van der Waals surface area contributed by atoms with E-state index in [0.717, 1.165) is 12.6 Å². The molecule has 1 saturated carbocycles. The van der Waals surface area contributed by atoms with Crippen LogP contribution < -0.4 is 0 Å². The molecule has 23 heavy (non-hydrogen) atoms. The average Bonchev–Trinajstić information content (AvgIpc) is 3.14. The molecule has 2 nitrogen and oxygen atoms in total. The summed E-state index contributed by atoms with van der Waals surface area (Å²) >= 11 is 0. The molecule has 1 aromatic carbocycles. The summed E-state index contributed by atoms with van der Waals surface area (Å²) in [4.78, 5) is 5.31. The van der Waals surface area contributed by atoms with Crippen LogP contribution in [0.25, 0.3) is 6.08 Å². The second-order valence-electron chi connectivity index (χ2n) is 6.59. The molecule has 0 aromatic heterocycles. The van der Waals surface area contributed by atoms with Crippen LogP contribution in [0.5, 0.6) is 0 Å². The summed E-state index contributed by atoms with van der Waals surface area (Å²) in [6.45, 7) is 12.2. The zero-order valence-corrected chi connectivity index (χ0v) is 15.3. The Morgan fingerprint density at radius 1 is 0.957 bits per heavy atom. The van der Waals surface area contributed by atoms with Crippen molar-refractivity contribution in [2.45, 2.75) is 52.5 Å². The fraction of sp³-hybridized carbons (Fsp3) is 0.619. The molecule has 3 rings (SSSR count). The van der Waals surface area contributed by atoms with Crippen molar-refractivity contribution in [1.82, 2.24) is 9.80 Å². The molecule has 1 aliphatic carbocycles. The van der Waals surface area contributed by atoms with Crippen LogP contribution in [0, 0.1) is 6.92 Å². The van der Waals surface area contributed by atoms with E-state index >= 15 is 0 Å². The van der Waals surface area contributed by atoms with Crippen molar-refractivity contribution in [2.24, 2.45) is 0 Å². The minimum Gasteiger partial charge on any atom is -0.298 e. The van der Waals surface area contributed by atoms with Gasteiger partial charge in [0.25, 0.3) is 0 Å². The molecular weight excluding hydrogens is 280 g/mol. The van der Waals surface area contributed by atoms with E-state index in [2.05, 4.69) is 53.1 Å². The maximum Gasteiger partial charge on any atom is 0.0167 e. The van der Waals surface area contributed by atoms with E-state index in [1.165, 1.54) is 63.0 Å². The zero-order chi connectivity index (χ0) is 16.5. The van der Waals surface area contributed by atoms with Gasteiger partial charge in [-0.25, -0.2) is 0 Å². The first-order valence-electron chi connectivity index (χ1n) is 9.51. The highest BCUT2D eigenvalue weighted by Crippen LogP contribution is 2.24. The standard InChI is InChI=1S/C19H28N2.C2H6/c1-17-8-10-18(11-9-17)5-4-12-20-13-15-21(16-14-20)19-6-2-3-7-19;1-2/h4-5,8-11,19H,2-3,6-7,12-16H2,1H3;1-2H3/b5-4+;. The van der Waals surface area contributed by atoms with Crippen molar-refractivity contribution in [3.05, 3.63) is 41.5 Å². The first kappa shape index (κ1) is 18.2. The highest BCUT2D eigenvalue weighted by molar-refractivity contribution is 5.49. The van der Waals surface area contributed by atoms with Gasteiger partial charge in [0.15, 0.2) is 0 Å². The molecule has 2 fully saturated rings. The lowest BCUT2D eigenvalue weighted by atomic mass is 10.1. The molecule has 1 saturated heterocycles. The number of rotatable bonds is 4. The minimum absolute atomic E-state index is 0.898. The van der Waals surface area contributed by atoms with Gasteiger partial charge in [0.2, 0.25) is 0 Å². The molecule has 0 radical (unpaired) electrons. The second-order valence-corrected chi connectivity index (χ2v) is 6.59. The van der Waals surface area contributed by atoms with Gasteiger partial charge in [0, 0.05) is 38.8 Å². The predicted octanol–water partition coefficient (Wildman–Crippen LogP) is 4.59. The highest BCUT2D eigenvalue weighted by atomic mass is 15.3. The summed E-state index contributed by atoms with van der Waals surface area (Å²) in [5.74, 6) is 0. The van der Waals surface area contributed by atoms with Gasteiger partial charge < -0.3 is 0 Å². The van der Waals surface area contributed by atoms with Gasteiger partial charge in [-0.15, -0.1) is 0 Å². The Kier molecular flexibility index (Phi) is 7.84. The van der Waals surface area contributed by atoms with Crippen molar-refractivity contribution in [1.29, 1.82) is 0 Å². The van der Waals surface area contributed by atoms with Crippen molar-refractivity contribution >= 4 is 6.08 Å². The van der Waals surface area contributed by atoms with Crippen molar-refractivity contribution in [2.75, 3.05) is 32.7 Å². The monoisotopic (exact) mass is 314 g/mol. The number of aryl methyl sites for hydroxylation is 1. The molecule has 2 heteroatoms. The number of hydrogen-bond donors (Lipinski definition) is 0. The van der Waals surface area contributed by atoms with E-state index < -0.39 is 0 Å². The third-order valence-corrected chi connectivity index (χ3v) is 5.00. The SMILES string of the molecule is CC.Cc1ccc(/C=C/CN2CCN(C3CCCC3)CC2)cc1. The van der Waals surface area contributed by atoms with Gasteiger partial charge in [-0.3, -0.25) is 9.80 Å². The Labute approximate surface area is 143 Å².